The summed E-state index contributed by atoms with van der Waals surface area (Å²) >= 11 is 5.87. The highest BCUT2D eigenvalue weighted by Gasteiger charge is 2.34. The quantitative estimate of drug-likeness (QED) is 0.808. The lowest BCUT2D eigenvalue weighted by Gasteiger charge is -2.17. The van der Waals surface area contributed by atoms with E-state index in [1.54, 1.807) is 12.1 Å². The molecule has 4 nitrogen and oxygen atoms in total. The third kappa shape index (κ3) is 2.48. The van der Waals surface area contributed by atoms with Gasteiger partial charge in [-0.2, -0.15) is 0 Å². The normalized spacial score (nSPS) is 25.1. The first-order valence-electron chi connectivity index (χ1n) is 6.15. The number of rotatable bonds is 3. The molecule has 3 rings (SSSR count). The molecule has 1 atom stereocenters. The lowest BCUT2D eigenvalue weighted by Crippen LogP contribution is -2.28. The van der Waals surface area contributed by atoms with Crippen LogP contribution in [0.5, 0.6) is 0 Å². The second kappa shape index (κ2) is 4.35. The summed E-state index contributed by atoms with van der Waals surface area (Å²) in [6.45, 7) is 2.28. The molecule has 1 aliphatic carbocycles. The first-order valence-corrected chi connectivity index (χ1v) is 6.53. The molecule has 3 N–H and O–H groups in total. The zero-order chi connectivity index (χ0) is 11.8. The summed E-state index contributed by atoms with van der Waals surface area (Å²) in [7, 11) is 0. The van der Waals surface area contributed by atoms with E-state index in [0.29, 0.717) is 16.9 Å². The predicted octanol–water partition coefficient (Wildman–Crippen LogP) is 1.97. The number of hydrogen-bond donors (Lipinski definition) is 2. The van der Waals surface area contributed by atoms with Crippen molar-refractivity contribution in [2.45, 2.75) is 31.3 Å². The van der Waals surface area contributed by atoms with E-state index >= 15 is 0 Å². The van der Waals surface area contributed by atoms with Gasteiger partial charge in [-0.3, -0.25) is 4.90 Å². The van der Waals surface area contributed by atoms with Crippen LogP contribution >= 0.6 is 11.6 Å². The van der Waals surface area contributed by atoms with E-state index in [-0.39, 0.29) is 0 Å². The van der Waals surface area contributed by atoms with Crippen molar-refractivity contribution in [1.82, 2.24) is 9.88 Å². The molecule has 0 spiro atoms. The van der Waals surface area contributed by atoms with Crippen molar-refractivity contribution < 1.29 is 0 Å². The maximum atomic E-state index is 5.88. The summed E-state index contributed by atoms with van der Waals surface area (Å²) < 4.78 is 0. The molecular weight excluding hydrogens is 236 g/mol. The van der Waals surface area contributed by atoms with Crippen molar-refractivity contribution in [3.8, 4) is 0 Å². The Morgan fingerprint density at radius 1 is 1.35 bits per heavy atom. The largest absolute Gasteiger partial charge is 0.396 e. The maximum Gasteiger partial charge on any atom is 0.151 e. The second-order valence-corrected chi connectivity index (χ2v) is 5.32. The van der Waals surface area contributed by atoms with Gasteiger partial charge in [0.15, 0.2) is 5.82 Å². The van der Waals surface area contributed by atoms with Crippen LogP contribution in [0.2, 0.25) is 5.15 Å². The molecule has 2 heterocycles. The molecule has 1 aromatic heterocycles. The smallest absolute Gasteiger partial charge is 0.151 e. The number of pyridine rings is 1. The summed E-state index contributed by atoms with van der Waals surface area (Å²) in [5.74, 6) is 0.722. The molecule has 5 heteroatoms. The fourth-order valence-electron chi connectivity index (χ4n) is 2.43. The van der Waals surface area contributed by atoms with E-state index in [9.17, 15) is 0 Å². The first-order chi connectivity index (χ1) is 8.22. The number of anilines is 2. The summed E-state index contributed by atoms with van der Waals surface area (Å²) in [6, 6.07) is 4.80. The Morgan fingerprint density at radius 3 is 2.94 bits per heavy atom. The number of likely N-dealkylation sites (tertiary alicyclic amines) is 1. The zero-order valence-corrected chi connectivity index (χ0v) is 10.5. The average molecular weight is 253 g/mol. The Morgan fingerprint density at radius 2 is 2.18 bits per heavy atom. The van der Waals surface area contributed by atoms with Gasteiger partial charge in [0.05, 0.1) is 5.69 Å². The Labute approximate surface area is 106 Å². The molecule has 17 heavy (non-hydrogen) atoms. The highest BCUT2D eigenvalue weighted by molar-refractivity contribution is 6.29. The second-order valence-electron chi connectivity index (χ2n) is 4.93. The lowest BCUT2D eigenvalue weighted by molar-refractivity contribution is 0.326. The van der Waals surface area contributed by atoms with E-state index in [0.717, 1.165) is 24.8 Å². The van der Waals surface area contributed by atoms with Crippen molar-refractivity contribution in [3.63, 3.8) is 0 Å². The third-order valence-corrected chi connectivity index (χ3v) is 3.73. The van der Waals surface area contributed by atoms with Gasteiger partial charge in [-0.1, -0.05) is 11.6 Å². The van der Waals surface area contributed by atoms with Gasteiger partial charge in [0.25, 0.3) is 0 Å². The number of nitrogens with one attached hydrogen (secondary N) is 1. The van der Waals surface area contributed by atoms with E-state index in [1.165, 1.54) is 19.4 Å². The Balaban J connectivity index is 1.64. The third-order valence-electron chi connectivity index (χ3n) is 3.52. The number of aromatic nitrogens is 1. The van der Waals surface area contributed by atoms with E-state index in [2.05, 4.69) is 15.2 Å². The van der Waals surface area contributed by atoms with Crippen LogP contribution in [0.15, 0.2) is 12.1 Å². The molecule has 0 bridgehead atoms. The van der Waals surface area contributed by atoms with Gasteiger partial charge in [0.2, 0.25) is 0 Å². The van der Waals surface area contributed by atoms with Gasteiger partial charge >= 0.3 is 0 Å². The minimum Gasteiger partial charge on any atom is -0.396 e. The Kier molecular flexibility index (Phi) is 2.84. The van der Waals surface area contributed by atoms with Crippen molar-refractivity contribution in [2.24, 2.45) is 0 Å². The fraction of sp³-hybridized carbons (Fsp3) is 0.583. The first kappa shape index (κ1) is 11.1. The molecule has 1 saturated heterocycles. The number of halogens is 1. The molecule has 0 radical (unpaired) electrons. The molecule has 2 aliphatic rings. The summed E-state index contributed by atoms with van der Waals surface area (Å²) in [5, 5.41) is 3.89. The molecule has 92 valence electrons. The molecule has 1 aliphatic heterocycles. The minimum atomic E-state index is 0.448. The van der Waals surface area contributed by atoms with Gasteiger partial charge in [0, 0.05) is 25.2 Å². The highest BCUT2D eigenvalue weighted by atomic mass is 35.5. The van der Waals surface area contributed by atoms with Crippen molar-refractivity contribution in [1.29, 1.82) is 0 Å². The van der Waals surface area contributed by atoms with Gasteiger partial charge in [-0.05, 0) is 31.4 Å². The summed E-state index contributed by atoms with van der Waals surface area (Å²) in [5.41, 5.74) is 6.54. The van der Waals surface area contributed by atoms with Gasteiger partial charge < -0.3 is 11.1 Å². The van der Waals surface area contributed by atoms with E-state index in [1.807, 2.05) is 0 Å². The molecule has 1 unspecified atom stereocenters. The maximum absolute atomic E-state index is 5.88. The van der Waals surface area contributed by atoms with Crippen molar-refractivity contribution >= 4 is 23.1 Å². The van der Waals surface area contributed by atoms with E-state index < -0.39 is 0 Å². The van der Waals surface area contributed by atoms with Crippen LogP contribution < -0.4 is 11.1 Å². The zero-order valence-electron chi connectivity index (χ0n) is 9.69. The number of nitrogens with zero attached hydrogens (tertiary/aromatic N) is 2. The Hall–Kier alpha value is -1.00. The predicted molar refractivity (Wildman–Crippen MR) is 70.3 cm³/mol. The van der Waals surface area contributed by atoms with Gasteiger partial charge in [-0.25, -0.2) is 4.98 Å². The van der Waals surface area contributed by atoms with Crippen LogP contribution in [0, 0.1) is 0 Å². The molecule has 1 aromatic rings. The van der Waals surface area contributed by atoms with Crippen LogP contribution in [0.1, 0.15) is 19.3 Å². The van der Waals surface area contributed by atoms with Gasteiger partial charge in [0.1, 0.15) is 5.15 Å². The summed E-state index contributed by atoms with van der Waals surface area (Å²) in [4.78, 5) is 6.79. The van der Waals surface area contributed by atoms with Crippen LogP contribution in [0.3, 0.4) is 0 Å². The van der Waals surface area contributed by atoms with Crippen LogP contribution in [0.25, 0.3) is 0 Å². The fourth-order valence-corrected chi connectivity index (χ4v) is 2.58. The molecule has 0 amide bonds. The molecule has 2 fully saturated rings. The standard InChI is InChI=1S/C12H17ClN4/c13-11-4-3-10(14)12(16-11)15-8-5-6-17(7-8)9-1-2-9/h3-4,8-9H,1-2,5-7,14H2,(H,15,16). The Bertz CT molecular complexity index is 419. The van der Waals surface area contributed by atoms with Crippen molar-refractivity contribution in [2.75, 3.05) is 24.1 Å². The number of nitrogens with two attached hydrogens (primary N) is 1. The van der Waals surface area contributed by atoms with E-state index in [4.69, 9.17) is 17.3 Å². The van der Waals surface area contributed by atoms with Crippen LogP contribution in [0.4, 0.5) is 11.5 Å². The van der Waals surface area contributed by atoms with Gasteiger partial charge in [-0.15, -0.1) is 0 Å². The summed E-state index contributed by atoms with van der Waals surface area (Å²) in [6.07, 6.45) is 3.89. The monoisotopic (exact) mass is 252 g/mol. The number of nitrogen functional groups attached to an aromatic ring is 1. The molecule has 0 aromatic carbocycles. The van der Waals surface area contributed by atoms with Crippen LogP contribution in [-0.4, -0.2) is 35.1 Å². The number of hydrogen-bond acceptors (Lipinski definition) is 4. The SMILES string of the molecule is Nc1ccc(Cl)nc1NC1CCN(C2CC2)C1. The molecular formula is C12H17ClN4. The topological polar surface area (TPSA) is 54.2 Å². The molecule has 1 saturated carbocycles. The minimum absolute atomic E-state index is 0.448. The highest BCUT2D eigenvalue weighted by Crippen LogP contribution is 2.31. The van der Waals surface area contributed by atoms with Crippen LogP contribution in [-0.2, 0) is 0 Å². The lowest BCUT2D eigenvalue weighted by atomic mass is 10.2. The average Bonchev–Trinajstić information content (AvgIpc) is 3.05. The van der Waals surface area contributed by atoms with Crippen molar-refractivity contribution in [3.05, 3.63) is 17.3 Å².